The lowest BCUT2D eigenvalue weighted by Crippen LogP contribution is -2.57. The lowest BCUT2D eigenvalue weighted by atomic mass is 10.0. The van der Waals surface area contributed by atoms with Crippen molar-refractivity contribution in [1.82, 2.24) is 24.4 Å². The van der Waals surface area contributed by atoms with E-state index in [2.05, 4.69) is 15.0 Å². The Kier molecular flexibility index (Phi) is 6.26. The maximum absolute atomic E-state index is 13.7. The Bertz CT molecular complexity index is 1450. The number of piperazine rings is 1. The van der Waals surface area contributed by atoms with Crippen LogP contribution in [-0.4, -0.2) is 68.4 Å². The van der Waals surface area contributed by atoms with E-state index >= 15 is 0 Å². The van der Waals surface area contributed by atoms with Crippen molar-refractivity contribution in [2.45, 2.75) is 59.1 Å². The average Bonchev–Trinajstić information content (AvgIpc) is 2.95. The predicted molar refractivity (Wildman–Crippen MR) is 141 cm³/mol. The van der Waals surface area contributed by atoms with E-state index in [1.807, 2.05) is 52.5 Å². The monoisotopic (exact) mass is 526 g/mol. The van der Waals surface area contributed by atoms with E-state index in [0.717, 1.165) is 11.3 Å². The summed E-state index contributed by atoms with van der Waals surface area (Å²) < 4.78 is 13.3. The molecule has 0 unspecified atom stereocenters. The molecule has 1 amide bonds. The van der Waals surface area contributed by atoms with E-state index in [9.17, 15) is 9.59 Å². The summed E-state index contributed by atoms with van der Waals surface area (Å²) in [5, 5.41) is 0.811. The van der Waals surface area contributed by atoms with Crippen LogP contribution in [0.25, 0.3) is 16.7 Å². The zero-order valence-electron chi connectivity index (χ0n) is 21.9. The fourth-order valence-corrected chi connectivity index (χ4v) is 5.08. The number of ether oxygens (including phenoxy) is 2. The van der Waals surface area contributed by atoms with Gasteiger partial charge in [-0.15, -0.1) is 0 Å². The van der Waals surface area contributed by atoms with Crippen LogP contribution in [-0.2, 0) is 4.74 Å². The van der Waals surface area contributed by atoms with Gasteiger partial charge in [-0.05, 0) is 45.2 Å². The minimum Gasteiger partial charge on any atom is -0.490 e. The number of hydrogen-bond acceptors (Lipinski definition) is 8. The third kappa shape index (κ3) is 4.58. The van der Waals surface area contributed by atoms with Crippen molar-refractivity contribution in [3.63, 3.8) is 0 Å². The normalized spacial score (nSPS) is 17.5. The zero-order valence-corrected chi connectivity index (χ0v) is 22.7. The SMILES string of the molecule is Cc1ccnc(C(C)C)c1-n1c(=O)nc2c3c(cc(Cl)nc31)OC[C@H]1CN(C(=O)OC(C)(C)C)CCN21. The summed E-state index contributed by atoms with van der Waals surface area (Å²) in [5.74, 6) is 1.04. The number of fused-ring (bicyclic) bond motifs is 2. The third-order valence-electron chi connectivity index (χ3n) is 6.52. The molecule has 1 atom stereocenters. The molecule has 0 radical (unpaired) electrons. The molecule has 37 heavy (non-hydrogen) atoms. The topological polar surface area (TPSA) is 103 Å². The molecule has 3 aromatic rings. The minimum atomic E-state index is -0.593. The summed E-state index contributed by atoms with van der Waals surface area (Å²) in [6.45, 7) is 13.0. The van der Waals surface area contributed by atoms with Crippen molar-refractivity contribution in [3.05, 3.63) is 45.2 Å². The fraction of sp³-hybridized carbons (Fsp3) is 0.500. The molecule has 2 aliphatic rings. The summed E-state index contributed by atoms with van der Waals surface area (Å²) in [6, 6.07) is 3.28. The van der Waals surface area contributed by atoms with Crippen LogP contribution >= 0.6 is 11.6 Å². The molecule has 0 N–H and O–H groups in total. The molecule has 10 nitrogen and oxygen atoms in total. The Morgan fingerprint density at radius 1 is 1.24 bits per heavy atom. The number of rotatable bonds is 2. The molecular weight excluding hydrogens is 496 g/mol. The average molecular weight is 527 g/mol. The number of nitrogens with zero attached hydrogens (tertiary/aromatic N) is 6. The van der Waals surface area contributed by atoms with Crippen LogP contribution in [0.15, 0.2) is 23.1 Å². The molecule has 1 saturated heterocycles. The van der Waals surface area contributed by atoms with Gasteiger partial charge in [-0.2, -0.15) is 4.98 Å². The molecule has 0 bridgehead atoms. The molecule has 0 aromatic carbocycles. The van der Waals surface area contributed by atoms with Crippen molar-refractivity contribution in [2.24, 2.45) is 0 Å². The van der Waals surface area contributed by atoms with Crippen LogP contribution < -0.4 is 15.3 Å². The van der Waals surface area contributed by atoms with E-state index in [1.54, 1.807) is 17.2 Å². The van der Waals surface area contributed by atoms with Gasteiger partial charge in [0.25, 0.3) is 0 Å². The van der Waals surface area contributed by atoms with Gasteiger partial charge in [0.2, 0.25) is 0 Å². The Morgan fingerprint density at radius 3 is 2.70 bits per heavy atom. The van der Waals surface area contributed by atoms with E-state index in [-0.39, 0.29) is 29.8 Å². The van der Waals surface area contributed by atoms with Crippen LogP contribution in [0.2, 0.25) is 5.15 Å². The number of carbonyl (C=O) groups is 1. The van der Waals surface area contributed by atoms with Crippen LogP contribution in [0.5, 0.6) is 5.75 Å². The summed E-state index contributed by atoms with van der Waals surface area (Å²) in [4.78, 5) is 43.8. The summed E-state index contributed by atoms with van der Waals surface area (Å²) >= 11 is 6.44. The molecule has 3 aromatic heterocycles. The Balaban J connectivity index is 1.65. The van der Waals surface area contributed by atoms with Gasteiger partial charge in [-0.1, -0.05) is 25.4 Å². The van der Waals surface area contributed by atoms with E-state index in [0.29, 0.717) is 47.9 Å². The number of carbonyl (C=O) groups excluding carboxylic acids is 1. The van der Waals surface area contributed by atoms with Crippen LogP contribution in [0, 0.1) is 6.92 Å². The Morgan fingerprint density at radius 2 is 2.00 bits per heavy atom. The maximum Gasteiger partial charge on any atom is 0.410 e. The van der Waals surface area contributed by atoms with Gasteiger partial charge in [0.15, 0.2) is 5.65 Å². The van der Waals surface area contributed by atoms with Crippen LogP contribution in [0.4, 0.5) is 10.6 Å². The first-order valence-electron chi connectivity index (χ1n) is 12.4. The second-order valence-corrected chi connectivity index (χ2v) is 11.2. The molecule has 11 heteroatoms. The molecular formula is C26H31ClN6O4. The first-order valence-corrected chi connectivity index (χ1v) is 12.8. The Labute approximate surface area is 220 Å². The van der Waals surface area contributed by atoms with Gasteiger partial charge in [0.05, 0.1) is 17.4 Å². The number of hydrogen-bond donors (Lipinski definition) is 0. The van der Waals surface area contributed by atoms with Crippen molar-refractivity contribution < 1.29 is 14.3 Å². The molecule has 5 rings (SSSR count). The number of anilines is 1. The predicted octanol–water partition coefficient (Wildman–Crippen LogP) is 4.08. The molecule has 2 aliphatic heterocycles. The number of aromatic nitrogens is 4. The number of pyridine rings is 2. The van der Waals surface area contributed by atoms with Crippen molar-refractivity contribution in [1.29, 1.82) is 0 Å². The molecule has 196 valence electrons. The van der Waals surface area contributed by atoms with Gasteiger partial charge in [-0.25, -0.2) is 19.1 Å². The lowest BCUT2D eigenvalue weighted by Gasteiger charge is -2.41. The van der Waals surface area contributed by atoms with Gasteiger partial charge < -0.3 is 19.3 Å². The highest BCUT2D eigenvalue weighted by molar-refractivity contribution is 6.30. The first kappa shape index (κ1) is 25.3. The summed E-state index contributed by atoms with van der Waals surface area (Å²) in [6.07, 6.45) is 1.36. The minimum absolute atomic E-state index is 0.0624. The summed E-state index contributed by atoms with van der Waals surface area (Å²) in [7, 11) is 0. The largest absolute Gasteiger partial charge is 0.490 e. The Hall–Kier alpha value is -3.40. The van der Waals surface area contributed by atoms with Crippen molar-refractivity contribution >= 4 is 34.5 Å². The maximum atomic E-state index is 13.7. The van der Waals surface area contributed by atoms with Crippen molar-refractivity contribution in [3.8, 4) is 11.4 Å². The number of halogens is 1. The van der Waals surface area contributed by atoms with Gasteiger partial charge in [-0.3, -0.25) is 4.98 Å². The number of amides is 1. The quantitative estimate of drug-likeness (QED) is 0.460. The van der Waals surface area contributed by atoms with E-state index in [1.165, 1.54) is 4.57 Å². The third-order valence-corrected chi connectivity index (χ3v) is 6.72. The van der Waals surface area contributed by atoms with E-state index < -0.39 is 11.3 Å². The fourth-order valence-electron chi connectivity index (χ4n) is 4.90. The highest BCUT2D eigenvalue weighted by Crippen LogP contribution is 2.39. The molecule has 0 aliphatic carbocycles. The summed E-state index contributed by atoms with van der Waals surface area (Å²) in [5.41, 5.74) is 1.59. The molecule has 0 spiro atoms. The zero-order chi connectivity index (χ0) is 26.6. The van der Waals surface area contributed by atoms with E-state index in [4.69, 9.17) is 21.1 Å². The smallest absolute Gasteiger partial charge is 0.410 e. The highest BCUT2D eigenvalue weighted by atomic mass is 35.5. The second kappa shape index (κ2) is 9.16. The van der Waals surface area contributed by atoms with Crippen LogP contribution in [0.1, 0.15) is 51.8 Å². The molecule has 0 saturated carbocycles. The van der Waals surface area contributed by atoms with Crippen molar-refractivity contribution in [2.75, 3.05) is 31.1 Å². The van der Waals surface area contributed by atoms with Gasteiger partial charge in [0.1, 0.15) is 34.3 Å². The van der Waals surface area contributed by atoms with Gasteiger partial charge >= 0.3 is 11.8 Å². The van der Waals surface area contributed by atoms with Crippen LogP contribution in [0.3, 0.4) is 0 Å². The molecule has 5 heterocycles. The lowest BCUT2D eigenvalue weighted by molar-refractivity contribution is 0.0202. The first-order chi connectivity index (χ1) is 17.4. The number of aryl methyl sites for hydroxylation is 1. The molecule has 1 fully saturated rings. The van der Waals surface area contributed by atoms with Gasteiger partial charge in [0, 0.05) is 31.9 Å². The highest BCUT2D eigenvalue weighted by Gasteiger charge is 2.37. The second-order valence-electron chi connectivity index (χ2n) is 10.8. The standard InChI is InChI=1S/C26H31ClN6O4/c1-14(2)20-21(15(3)7-8-28-20)33-23-19-17(11-18(27)29-23)36-13-16-12-31(25(35)37-26(4,5)6)9-10-32(16)22(19)30-24(33)34/h7-8,11,14,16H,9-10,12-13H2,1-6H3/t16-/m1/s1.